The van der Waals surface area contributed by atoms with E-state index in [1.807, 2.05) is 0 Å². The van der Waals surface area contributed by atoms with Gasteiger partial charge < -0.3 is 10.2 Å². The average Bonchev–Trinajstić information content (AvgIpc) is 3.30. The molecule has 3 rings (SSSR count). The molecule has 3 aliphatic rings. The van der Waals surface area contributed by atoms with Gasteiger partial charge in [-0.25, -0.2) is 0 Å². The fourth-order valence-electron chi connectivity index (χ4n) is 4.22. The molecule has 0 aromatic heterocycles. The maximum Gasteiger partial charge on any atom is 0.00684 e. The van der Waals surface area contributed by atoms with Gasteiger partial charge in [-0.05, 0) is 62.3 Å². The van der Waals surface area contributed by atoms with Crippen LogP contribution in [0, 0.1) is 17.3 Å². The minimum atomic E-state index is 0.575. The van der Waals surface area contributed by atoms with Gasteiger partial charge >= 0.3 is 0 Å². The van der Waals surface area contributed by atoms with Crippen LogP contribution in [-0.4, -0.2) is 37.1 Å². The summed E-state index contributed by atoms with van der Waals surface area (Å²) in [6.45, 7) is 10.1. The summed E-state index contributed by atoms with van der Waals surface area (Å²) in [5, 5.41) is 3.86. The second kappa shape index (κ2) is 6.36. The Labute approximate surface area is 125 Å². The van der Waals surface area contributed by atoms with Crippen LogP contribution < -0.4 is 5.32 Å². The van der Waals surface area contributed by atoms with Gasteiger partial charge in [-0.3, -0.25) is 0 Å². The van der Waals surface area contributed by atoms with Gasteiger partial charge in [-0.1, -0.05) is 26.7 Å². The molecule has 3 aliphatic carbocycles. The van der Waals surface area contributed by atoms with Crippen molar-refractivity contribution in [3.05, 3.63) is 0 Å². The molecule has 0 saturated heterocycles. The van der Waals surface area contributed by atoms with Gasteiger partial charge in [0, 0.05) is 25.7 Å². The second-order valence-electron chi connectivity index (χ2n) is 8.13. The van der Waals surface area contributed by atoms with E-state index in [0.29, 0.717) is 5.41 Å². The Morgan fingerprint density at radius 3 is 2.55 bits per heavy atom. The zero-order chi connectivity index (χ0) is 14.0. The third-order valence-corrected chi connectivity index (χ3v) is 5.75. The largest absolute Gasteiger partial charge is 0.313 e. The third kappa shape index (κ3) is 4.21. The summed E-state index contributed by atoms with van der Waals surface area (Å²) >= 11 is 0. The maximum absolute atomic E-state index is 3.86. The minimum Gasteiger partial charge on any atom is -0.313 e. The molecule has 1 N–H and O–H groups in total. The Morgan fingerprint density at radius 1 is 1.15 bits per heavy atom. The van der Waals surface area contributed by atoms with Crippen molar-refractivity contribution < 1.29 is 0 Å². The predicted octanol–water partition coefficient (Wildman–Crippen LogP) is 3.67. The van der Waals surface area contributed by atoms with Gasteiger partial charge in [-0.15, -0.1) is 0 Å². The maximum atomic E-state index is 3.86. The van der Waals surface area contributed by atoms with Crippen molar-refractivity contribution in [3.8, 4) is 0 Å². The molecule has 0 amide bonds. The molecular formula is C18H34N2. The van der Waals surface area contributed by atoms with Gasteiger partial charge in [-0.2, -0.15) is 0 Å². The van der Waals surface area contributed by atoms with Crippen molar-refractivity contribution in [1.82, 2.24) is 10.2 Å². The first-order valence-corrected chi connectivity index (χ1v) is 9.15. The SMILES string of the molecule is CCN(CC1CC1)CC1(CNC2CC2)CCCC(C)C1. The Morgan fingerprint density at radius 2 is 1.95 bits per heavy atom. The van der Waals surface area contributed by atoms with Crippen LogP contribution in [0.2, 0.25) is 0 Å². The highest BCUT2D eigenvalue weighted by Gasteiger charge is 2.38. The van der Waals surface area contributed by atoms with Crippen LogP contribution >= 0.6 is 0 Å². The monoisotopic (exact) mass is 278 g/mol. The zero-order valence-electron chi connectivity index (χ0n) is 13.7. The van der Waals surface area contributed by atoms with E-state index in [4.69, 9.17) is 0 Å². The normalized spacial score (nSPS) is 34.6. The van der Waals surface area contributed by atoms with Gasteiger partial charge in [0.15, 0.2) is 0 Å². The van der Waals surface area contributed by atoms with E-state index in [1.54, 1.807) is 0 Å². The fraction of sp³-hybridized carbons (Fsp3) is 1.00. The van der Waals surface area contributed by atoms with Crippen LogP contribution in [0.4, 0.5) is 0 Å². The number of nitrogens with zero attached hydrogens (tertiary/aromatic N) is 1. The molecule has 3 saturated carbocycles. The highest BCUT2D eigenvalue weighted by atomic mass is 15.1. The molecule has 3 fully saturated rings. The molecule has 0 aromatic rings. The first-order valence-electron chi connectivity index (χ1n) is 9.15. The summed E-state index contributed by atoms with van der Waals surface area (Å²) < 4.78 is 0. The lowest BCUT2D eigenvalue weighted by atomic mass is 9.69. The van der Waals surface area contributed by atoms with Gasteiger partial charge in [0.2, 0.25) is 0 Å². The Kier molecular flexibility index (Phi) is 4.72. The molecule has 2 nitrogen and oxygen atoms in total. The molecule has 2 heteroatoms. The minimum absolute atomic E-state index is 0.575. The summed E-state index contributed by atoms with van der Waals surface area (Å²) in [5.41, 5.74) is 0.575. The zero-order valence-corrected chi connectivity index (χ0v) is 13.7. The van der Waals surface area contributed by atoms with Crippen LogP contribution in [0.15, 0.2) is 0 Å². The van der Waals surface area contributed by atoms with E-state index in [1.165, 1.54) is 77.5 Å². The Hall–Kier alpha value is -0.0800. The Bertz CT molecular complexity index is 309. The van der Waals surface area contributed by atoms with Crippen molar-refractivity contribution >= 4 is 0 Å². The van der Waals surface area contributed by atoms with Gasteiger partial charge in [0.1, 0.15) is 0 Å². The van der Waals surface area contributed by atoms with Gasteiger partial charge in [0.05, 0.1) is 0 Å². The van der Waals surface area contributed by atoms with Crippen LogP contribution in [0.1, 0.15) is 65.2 Å². The molecule has 20 heavy (non-hydrogen) atoms. The standard InChI is InChI=1S/C18H34N2/c1-3-20(12-16-6-7-16)14-18(13-19-17-8-9-17)10-4-5-15(2)11-18/h15-17,19H,3-14H2,1-2H3. The number of nitrogens with one attached hydrogen (secondary N) is 1. The van der Waals surface area contributed by atoms with E-state index in [2.05, 4.69) is 24.1 Å². The molecule has 0 spiro atoms. The topological polar surface area (TPSA) is 15.3 Å². The number of hydrogen-bond acceptors (Lipinski definition) is 2. The van der Waals surface area contributed by atoms with Crippen molar-refractivity contribution in [1.29, 1.82) is 0 Å². The molecule has 2 unspecified atom stereocenters. The highest BCUT2D eigenvalue weighted by molar-refractivity contribution is 4.93. The van der Waals surface area contributed by atoms with E-state index in [-0.39, 0.29) is 0 Å². The smallest absolute Gasteiger partial charge is 0.00684 e. The lowest BCUT2D eigenvalue weighted by Crippen LogP contribution is -2.47. The third-order valence-electron chi connectivity index (χ3n) is 5.75. The van der Waals surface area contributed by atoms with Crippen molar-refractivity contribution in [2.45, 2.75) is 71.3 Å². The molecular weight excluding hydrogens is 244 g/mol. The number of rotatable bonds is 8. The summed E-state index contributed by atoms with van der Waals surface area (Å²) in [6.07, 6.45) is 11.6. The van der Waals surface area contributed by atoms with Gasteiger partial charge in [0.25, 0.3) is 0 Å². The highest BCUT2D eigenvalue weighted by Crippen LogP contribution is 2.41. The second-order valence-corrected chi connectivity index (χ2v) is 8.13. The average molecular weight is 278 g/mol. The molecule has 2 atom stereocenters. The van der Waals surface area contributed by atoms with Crippen molar-refractivity contribution in [2.75, 3.05) is 26.2 Å². The summed E-state index contributed by atoms with van der Waals surface area (Å²) in [4.78, 5) is 2.77. The van der Waals surface area contributed by atoms with Crippen molar-refractivity contribution in [3.63, 3.8) is 0 Å². The fourth-order valence-corrected chi connectivity index (χ4v) is 4.22. The van der Waals surface area contributed by atoms with E-state index < -0.39 is 0 Å². The number of hydrogen-bond donors (Lipinski definition) is 1. The molecule has 0 aliphatic heterocycles. The molecule has 0 bridgehead atoms. The molecule has 0 radical (unpaired) electrons. The summed E-state index contributed by atoms with van der Waals surface area (Å²) in [7, 11) is 0. The van der Waals surface area contributed by atoms with Crippen LogP contribution in [0.25, 0.3) is 0 Å². The summed E-state index contributed by atoms with van der Waals surface area (Å²) in [6, 6.07) is 0.864. The van der Waals surface area contributed by atoms with Crippen LogP contribution in [0.5, 0.6) is 0 Å². The first-order chi connectivity index (χ1) is 9.69. The Balaban J connectivity index is 1.59. The predicted molar refractivity (Wildman–Crippen MR) is 85.9 cm³/mol. The van der Waals surface area contributed by atoms with E-state index >= 15 is 0 Å². The van der Waals surface area contributed by atoms with E-state index in [9.17, 15) is 0 Å². The summed E-state index contributed by atoms with van der Waals surface area (Å²) in [5.74, 6) is 1.97. The van der Waals surface area contributed by atoms with Crippen LogP contribution in [0.3, 0.4) is 0 Å². The lowest BCUT2D eigenvalue weighted by Gasteiger charge is -2.43. The first kappa shape index (κ1) is 14.8. The molecule has 0 heterocycles. The lowest BCUT2D eigenvalue weighted by molar-refractivity contribution is 0.0797. The van der Waals surface area contributed by atoms with Crippen molar-refractivity contribution in [2.24, 2.45) is 17.3 Å². The van der Waals surface area contributed by atoms with Crippen LogP contribution in [-0.2, 0) is 0 Å². The molecule has 0 aromatic carbocycles. The quantitative estimate of drug-likeness (QED) is 0.729. The molecule has 116 valence electrons. The van der Waals surface area contributed by atoms with E-state index in [0.717, 1.165) is 17.9 Å².